The van der Waals surface area contributed by atoms with E-state index in [4.69, 9.17) is 14.6 Å². The van der Waals surface area contributed by atoms with E-state index in [9.17, 15) is 4.79 Å². The second-order valence-corrected chi connectivity index (χ2v) is 4.29. The number of ether oxygens (including phenoxy) is 2. The molecule has 2 aliphatic rings. The average molecular weight is 235 g/mol. The standard InChI is InChI=1S/C12H13NO4/c14-6-8-3-12(15)13(5-8)9-1-2-10-11(4-9)17-7-16-10/h1-2,4,8,14H,3,5-7H2. The Labute approximate surface area is 98.6 Å². The fraction of sp³-hybridized carbons (Fsp3) is 0.417. The lowest BCUT2D eigenvalue weighted by Gasteiger charge is -2.16. The van der Waals surface area contributed by atoms with Crippen molar-refractivity contribution in [2.24, 2.45) is 5.92 Å². The van der Waals surface area contributed by atoms with Crippen molar-refractivity contribution in [3.8, 4) is 11.5 Å². The molecule has 90 valence electrons. The van der Waals surface area contributed by atoms with Crippen LogP contribution in [0.5, 0.6) is 11.5 Å². The third-order valence-corrected chi connectivity index (χ3v) is 3.13. The molecular formula is C12H13NO4. The van der Waals surface area contributed by atoms with Gasteiger partial charge >= 0.3 is 0 Å². The van der Waals surface area contributed by atoms with E-state index in [1.54, 1.807) is 17.0 Å². The first-order chi connectivity index (χ1) is 8.28. The van der Waals surface area contributed by atoms with E-state index in [-0.39, 0.29) is 25.2 Å². The lowest BCUT2D eigenvalue weighted by atomic mass is 10.1. The van der Waals surface area contributed by atoms with Crippen LogP contribution in [-0.2, 0) is 4.79 Å². The molecule has 5 nitrogen and oxygen atoms in total. The van der Waals surface area contributed by atoms with Gasteiger partial charge in [0.15, 0.2) is 11.5 Å². The molecule has 5 heteroatoms. The molecule has 0 radical (unpaired) electrons. The maximum atomic E-state index is 11.8. The van der Waals surface area contributed by atoms with Crippen LogP contribution in [0.25, 0.3) is 0 Å². The highest BCUT2D eigenvalue weighted by Gasteiger charge is 2.30. The highest BCUT2D eigenvalue weighted by molar-refractivity contribution is 5.96. The van der Waals surface area contributed by atoms with Crippen molar-refractivity contribution in [3.05, 3.63) is 18.2 Å². The minimum Gasteiger partial charge on any atom is -0.454 e. The highest BCUT2D eigenvalue weighted by atomic mass is 16.7. The van der Waals surface area contributed by atoms with Crippen molar-refractivity contribution >= 4 is 11.6 Å². The number of rotatable bonds is 2. The summed E-state index contributed by atoms with van der Waals surface area (Å²) in [5.41, 5.74) is 0.801. The third kappa shape index (κ3) is 1.72. The summed E-state index contributed by atoms with van der Waals surface area (Å²) < 4.78 is 10.5. The number of carbonyl (C=O) groups excluding carboxylic acids is 1. The zero-order chi connectivity index (χ0) is 11.8. The number of hydrogen-bond donors (Lipinski definition) is 1. The molecule has 0 bridgehead atoms. The van der Waals surface area contributed by atoms with Crippen molar-refractivity contribution in [1.82, 2.24) is 0 Å². The second-order valence-electron chi connectivity index (χ2n) is 4.29. The lowest BCUT2D eigenvalue weighted by Crippen LogP contribution is -2.24. The molecule has 0 aliphatic carbocycles. The van der Waals surface area contributed by atoms with Gasteiger partial charge in [-0.15, -0.1) is 0 Å². The molecule has 0 spiro atoms. The summed E-state index contributed by atoms with van der Waals surface area (Å²) in [5.74, 6) is 1.46. The molecule has 0 saturated carbocycles. The van der Waals surface area contributed by atoms with Gasteiger partial charge in [-0.1, -0.05) is 0 Å². The van der Waals surface area contributed by atoms with Crippen LogP contribution in [0.2, 0.25) is 0 Å². The van der Waals surface area contributed by atoms with Gasteiger partial charge in [-0.25, -0.2) is 0 Å². The topological polar surface area (TPSA) is 59.0 Å². The fourth-order valence-corrected chi connectivity index (χ4v) is 2.21. The quantitative estimate of drug-likeness (QED) is 0.822. The summed E-state index contributed by atoms with van der Waals surface area (Å²) >= 11 is 0. The molecule has 1 aromatic rings. The number of aliphatic hydroxyl groups is 1. The molecule has 17 heavy (non-hydrogen) atoms. The zero-order valence-corrected chi connectivity index (χ0v) is 9.26. The Bertz CT molecular complexity index is 460. The van der Waals surface area contributed by atoms with E-state index in [1.807, 2.05) is 6.07 Å². The number of nitrogens with zero attached hydrogens (tertiary/aromatic N) is 1. The van der Waals surface area contributed by atoms with Crippen molar-refractivity contribution < 1.29 is 19.4 Å². The number of aliphatic hydroxyl groups excluding tert-OH is 1. The van der Waals surface area contributed by atoms with Crippen LogP contribution >= 0.6 is 0 Å². The summed E-state index contributed by atoms with van der Waals surface area (Å²) in [6, 6.07) is 5.45. The number of benzene rings is 1. The second kappa shape index (κ2) is 3.92. The van der Waals surface area contributed by atoms with Gasteiger partial charge in [0.2, 0.25) is 12.7 Å². The molecule has 3 rings (SSSR count). The summed E-state index contributed by atoms with van der Waals surface area (Å²) in [4.78, 5) is 13.5. The van der Waals surface area contributed by atoms with Gasteiger partial charge in [-0.2, -0.15) is 0 Å². The molecule has 0 aromatic heterocycles. The first kappa shape index (κ1) is 10.4. The van der Waals surface area contributed by atoms with Gasteiger partial charge in [-0.3, -0.25) is 4.79 Å². The van der Waals surface area contributed by atoms with Crippen LogP contribution in [-0.4, -0.2) is 31.0 Å². The van der Waals surface area contributed by atoms with Gasteiger partial charge in [-0.05, 0) is 12.1 Å². The molecule has 1 N–H and O–H groups in total. The lowest BCUT2D eigenvalue weighted by molar-refractivity contribution is -0.117. The van der Waals surface area contributed by atoms with Gasteiger partial charge in [0.25, 0.3) is 0 Å². The monoisotopic (exact) mass is 235 g/mol. The highest BCUT2D eigenvalue weighted by Crippen LogP contribution is 2.36. The number of hydrogen-bond acceptors (Lipinski definition) is 4. The van der Waals surface area contributed by atoms with Crippen molar-refractivity contribution in [2.45, 2.75) is 6.42 Å². The molecule has 1 fully saturated rings. The van der Waals surface area contributed by atoms with Gasteiger partial charge < -0.3 is 19.5 Å². The predicted octanol–water partition coefficient (Wildman–Crippen LogP) is 0.760. The Balaban J connectivity index is 1.87. The summed E-state index contributed by atoms with van der Waals surface area (Å²) in [7, 11) is 0. The molecule has 2 aliphatic heterocycles. The summed E-state index contributed by atoms with van der Waals surface area (Å²) in [6.45, 7) is 0.841. The number of carbonyl (C=O) groups is 1. The van der Waals surface area contributed by atoms with Gasteiger partial charge in [0.1, 0.15) is 0 Å². The molecule has 1 aromatic carbocycles. The first-order valence-corrected chi connectivity index (χ1v) is 5.59. The van der Waals surface area contributed by atoms with E-state index in [1.165, 1.54) is 0 Å². The average Bonchev–Trinajstić information content (AvgIpc) is 2.93. The van der Waals surface area contributed by atoms with Crippen LogP contribution in [0, 0.1) is 5.92 Å². The minimum atomic E-state index is 0.0351. The Morgan fingerprint density at radius 3 is 2.94 bits per heavy atom. The van der Waals surface area contributed by atoms with Gasteiger partial charge in [0, 0.05) is 37.2 Å². The Morgan fingerprint density at radius 2 is 2.18 bits per heavy atom. The van der Waals surface area contributed by atoms with Crippen molar-refractivity contribution in [3.63, 3.8) is 0 Å². The van der Waals surface area contributed by atoms with E-state index < -0.39 is 0 Å². The van der Waals surface area contributed by atoms with Crippen molar-refractivity contribution in [1.29, 1.82) is 0 Å². The molecular weight excluding hydrogens is 222 g/mol. The maximum Gasteiger partial charge on any atom is 0.231 e. The number of anilines is 1. The fourth-order valence-electron chi connectivity index (χ4n) is 2.21. The SMILES string of the molecule is O=C1CC(CO)CN1c1ccc2c(c1)OCO2. The third-order valence-electron chi connectivity index (χ3n) is 3.13. The number of fused-ring (bicyclic) bond motifs is 1. The summed E-state index contributed by atoms with van der Waals surface area (Å²) in [5, 5.41) is 9.08. The van der Waals surface area contributed by atoms with Crippen LogP contribution < -0.4 is 14.4 Å². The molecule has 2 heterocycles. The Kier molecular flexibility index (Phi) is 2.40. The van der Waals surface area contributed by atoms with Crippen LogP contribution in [0.3, 0.4) is 0 Å². The van der Waals surface area contributed by atoms with E-state index >= 15 is 0 Å². The smallest absolute Gasteiger partial charge is 0.231 e. The predicted molar refractivity (Wildman–Crippen MR) is 60.1 cm³/mol. The van der Waals surface area contributed by atoms with Crippen LogP contribution in [0.4, 0.5) is 5.69 Å². The Morgan fingerprint density at radius 1 is 1.35 bits per heavy atom. The van der Waals surface area contributed by atoms with E-state index in [0.717, 1.165) is 5.69 Å². The van der Waals surface area contributed by atoms with Crippen molar-refractivity contribution in [2.75, 3.05) is 24.8 Å². The van der Waals surface area contributed by atoms with Crippen LogP contribution in [0.1, 0.15) is 6.42 Å². The Hall–Kier alpha value is -1.75. The maximum absolute atomic E-state index is 11.8. The minimum absolute atomic E-state index is 0.0351. The normalized spacial score (nSPS) is 22.3. The molecule has 1 saturated heterocycles. The molecule has 1 amide bonds. The van der Waals surface area contributed by atoms with E-state index in [0.29, 0.717) is 24.5 Å². The molecule has 1 unspecified atom stereocenters. The first-order valence-electron chi connectivity index (χ1n) is 5.59. The zero-order valence-electron chi connectivity index (χ0n) is 9.26. The number of amides is 1. The van der Waals surface area contributed by atoms with Crippen LogP contribution in [0.15, 0.2) is 18.2 Å². The van der Waals surface area contributed by atoms with E-state index in [2.05, 4.69) is 0 Å². The molecule has 1 atom stereocenters. The summed E-state index contributed by atoms with van der Waals surface area (Å²) in [6.07, 6.45) is 0.408. The van der Waals surface area contributed by atoms with Gasteiger partial charge in [0.05, 0.1) is 0 Å². The largest absolute Gasteiger partial charge is 0.454 e.